The lowest BCUT2D eigenvalue weighted by molar-refractivity contribution is -0.146. The van der Waals surface area contributed by atoms with Gasteiger partial charge in [-0.1, -0.05) is 12.1 Å². The van der Waals surface area contributed by atoms with E-state index in [0.29, 0.717) is 12.3 Å². The monoisotopic (exact) mass is 536 g/mol. The van der Waals surface area contributed by atoms with Crippen molar-refractivity contribution in [3.05, 3.63) is 53.1 Å². The lowest BCUT2D eigenvalue weighted by atomic mass is 9.85. The van der Waals surface area contributed by atoms with Crippen molar-refractivity contribution in [2.45, 2.75) is 51.2 Å². The summed E-state index contributed by atoms with van der Waals surface area (Å²) in [6.45, 7) is 0.683. The highest BCUT2D eigenvalue weighted by atomic mass is 32.2. The molecule has 0 bridgehead atoms. The Bertz CT molecular complexity index is 1270. The second-order valence-electron chi connectivity index (χ2n) is 9.94. The number of carbonyl (C=O) groups excluding carboxylic acids is 3. The largest absolute Gasteiger partial charge is 0.356 e. The maximum absolute atomic E-state index is 13.4. The first-order chi connectivity index (χ1) is 18.3. The van der Waals surface area contributed by atoms with Gasteiger partial charge in [0.2, 0.25) is 17.6 Å². The fourth-order valence-corrected chi connectivity index (χ4v) is 5.18. The summed E-state index contributed by atoms with van der Waals surface area (Å²) in [7, 11) is 1.77. The smallest absolute Gasteiger partial charge is 0.291 e. The lowest BCUT2D eigenvalue weighted by Gasteiger charge is -2.28. The van der Waals surface area contributed by atoms with E-state index in [1.807, 2.05) is 24.3 Å². The molecule has 2 heterocycles. The first-order valence-electron chi connectivity index (χ1n) is 12.8. The number of amides is 3. The predicted octanol–water partition coefficient (Wildman–Crippen LogP) is 3.68. The molecule has 0 unspecified atom stereocenters. The minimum Gasteiger partial charge on any atom is -0.356 e. The van der Waals surface area contributed by atoms with Crippen LogP contribution in [0.1, 0.15) is 71.9 Å². The number of allylic oxidation sites excluding steroid dienone is 2. The predicted molar refractivity (Wildman–Crippen MR) is 148 cm³/mol. The van der Waals surface area contributed by atoms with Crippen molar-refractivity contribution in [2.75, 3.05) is 37.2 Å². The number of aromatic nitrogens is 2. The summed E-state index contributed by atoms with van der Waals surface area (Å²) < 4.78 is 7.29. The van der Waals surface area contributed by atoms with Crippen LogP contribution in [0.3, 0.4) is 0 Å². The van der Waals surface area contributed by atoms with E-state index >= 15 is 0 Å². The molecule has 0 saturated carbocycles. The Labute approximate surface area is 226 Å². The van der Waals surface area contributed by atoms with Crippen LogP contribution >= 0.6 is 0 Å². The molecule has 1 aromatic heterocycles. The van der Waals surface area contributed by atoms with Crippen LogP contribution in [0.5, 0.6) is 0 Å². The van der Waals surface area contributed by atoms with Crippen LogP contribution in [-0.2, 0) is 32.0 Å². The van der Waals surface area contributed by atoms with Gasteiger partial charge in [-0.15, -0.1) is 0 Å². The van der Waals surface area contributed by atoms with Crippen molar-refractivity contribution in [3.8, 4) is 6.07 Å². The van der Waals surface area contributed by atoms with Crippen LogP contribution < -0.4 is 5.32 Å². The zero-order valence-corrected chi connectivity index (χ0v) is 23.0. The van der Waals surface area contributed by atoms with Gasteiger partial charge in [0, 0.05) is 43.3 Å². The number of benzene rings is 1. The molecule has 38 heavy (non-hydrogen) atoms. The van der Waals surface area contributed by atoms with Gasteiger partial charge in [-0.2, -0.15) is 5.26 Å². The van der Waals surface area contributed by atoms with E-state index in [2.05, 4.69) is 28.9 Å². The van der Waals surface area contributed by atoms with Crippen molar-refractivity contribution >= 4 is 39.9 Å². The summed E-state index contributed by atoms with van der Waals surface area (Å²) in [4.78, 5) is 43.4. The summed E-state index contributed by atoms with van der Waals surface area (Å²) in [6, 6.07) is 7.72. The highest BCUT2D eigenvalue weighted by molar-refractivity contribution is 7.95. The Hall–Kier alpha value is -3.42. The highest BCUT2D eigenvalue weighted by Gasteiger charge is 2.31. The molecule has 2 aliphatic rings. The maximum Gasteiger partial charge on any atom is 0.291 e. The Morgan fingerprint density at radius 2 is 2.00 bits per heavy atom. The standard InChI is InChI=1S/C28H33N5O4S/c1-32-25(34)14-21(15-26(32)35)20-9-10-24(23(13-20)19-7-5-4-6-8-19)31-28(36)27-30-22(16-29)17-33(27)18-37-11-12-38(2)3/h7,9-10,13,17,21H,4-6,8,11-12,14-15,18H2,1-3H3/p+1. The van der Waals surface area contributed by atoms with Gasteiger partial charge in [0.15, 0.2) is 5.69 Å². The fourth-order valence-electron chi connectivity index (χ4n) is 4.73. The molecular weight excluding hydrogens is 502 g/mol. The summed E-state index contributed by atoms with van der Waals surface area (Å²) in [5.74, 6) is 0.0282. The van der Waals surface area contributed by atoms with Crippen LogP contribution in [0, 0.1) is 11.3 Å². The number of nitrogens with one attached hydrogen (secondary N) is 1. The molecule has 1 fully saturated rings. The molecule has 1 aliphatic heterocycles. The minimum absolute atomic E-state index is 0.104. The quantitative estimate of drug-likeness (QED) is 0.297. The van der Waals surface area contributed by atoms with Gasteiger partial charge in [-0.3, -0.25) is 19.3 Å². The van der Waals surface area contributed by atoms with Crippen molar-refractivity contribution in [3.63, 3.8) is 0 Å². The van der Waals surface area contributed by atoms with Gasteiger partial charge in [0.25, 0.3) is 5.91 Å². The third kappa shape index (κ3) is 6.52. The van der Waals surface area contributed by atoms with Crippen LogP contribution in [0.15, 0.2) is 30.5 Å². The SMILES string of the molecule is CN1C(=O)CC(c2ccc(NC(=O)c3nc(C#N)cn3COCC[S+](C)C)c(C3=CCCCC3)c2)CC1=O. The van der Waals surface area contributed by atoms with Gasteiger partial charge >= 0.3 is 0 Å². The van der Waals surface area contributed by atoms with E-state index in [-0.39, 0.29) is 59.7 Å². The number of imidazole rings is 1. The third-order valence-corrected chi connectivity index (χ3v) is 7.93. The molecule has 3 amide bonds. The molecule has 0 spiro atoms. The molecule has 1 saturated heterocycles. The molecule has 1 N–H and O–H groups in total. The second-order valence-corrected chi connectivity index (χ2v) is 12.3. The Morgan fingerprint density at radius 3 is 2.66 bits per heavy atom. The molecule has 1 aliphatic carbocycles. The molecule has 0 atom stereocenters. The number of nitrogens with zero attached hydrogens (tertiary/aromatic N) is 4. The number of imide groups is 1. The molecule has 9 nitrogen and oxygen atoms in total. The van der Waals surface area contributed by atoms with Crippen LogP contribution in [0.4, 0.5) is 5.69 Å². The summed E-state index contributed by atoms with van der Waals surface area (Å²) >= 11 is 0. The number of likely N-dealkylation sites (tertiary alicyclic amines) is 1. The first kappa shape index (κ1) is 27.6. The average Bonchev–Trinajstić information content (AvgIpc) is 3.33. The van der Waals surface area contributed by atoms with E-state index in [1.54, 1.807) is 4.57 Å². The average molecular weight is 537 g/mol. The van der Waals surface area contributed by atoms with E-state index in [9.17, 15) is 19.6 Å². The molecule has 200 valence electrons. The molecule has 1 aromatic carbocycles. The topological polar surface area (TPSA) is 117 Å². The number of ether oxygens (including phenoxy) is 1. The number of hydrogen-bond acceptors (Lipinski definition) is 6. The van der Waals surface area contributed by atoms with E-state index < -0.39 is 5.91 Å². The summed E-state index contributed by atoms with van der Waals surface area (Å²) in [6.07, 6.45) is 12.6. The number of rotatable bonds is 9. The molecule has 10 heteroatoms. The Kier molecular flexibility index (Phi) is 9.02. The van der Waals surface area contributed by atoms with Crippen molar-refractivity contribution in [1.82, 2.24) is 14.5 Å². The molecule has 2 aromatic rings. The number of hydrogen-bond donors (Lipinski definition) is 1. The number of carbonyl (C=O) groups is 3. The normalized spacial score (nSPS) is 16.5. The van der Waals surface area contributed by atoms with Gasteiger partial charge in [0.05, 0.1) is 19.1 Å². The van der Waals surface area contributed by atoms with Crippen LogP contribution in [-0.4, -0.2) is 64.1 Å². The molecular formula is C28H34N5O4S+. The summed E-state index contributed by atoms with van der Waals surface area (Å²) in [5.41, 5.74) is 3.71. The Morgan fingerprint density at radius 1 is 1.24 bits per heavy atom. The van der Waals surface area contributed by atoms with Crippen LogP contribution in [0.2, 0.25) is 0 Å². The summed E-state index contributed by atoms with van der Waals surface area (Å²) in [5, 5.41) is 12.4. The highest BCUT2D eigenvalue weighted by Crippen LogP contribution is 2.37. The molecule has 0 radical (unpaired) electrons. The maximum atomic E-state index is 13.4. The van der Waals surface area contributed by atoms with Gasteiger partial charge in [0.1, 0.15) is 18.6 Å². The van der Waals surface area contributed by atoms with Crippen LogP contribution in [0.25, 0.3) is 5.57 Å². The third-order valence-electron chi connectivity index (χ3n) is 6.95. The lowest BCUT2D eigenvalue weighted by Crippen LogP contribution is -2.39. The van der Waals surface area contributed by atoms with E-state index in [0.717, 1.165) is 48.1 Å². The molecule has 4 rings (SSSR count). The minimum atomic E-state index is -0.434. The van der Waals surface area contributed by atoms with Crippen molar-refractivity contribution in [2.24, 2.45) is 0 Å². The van der Waals surface area contributed by atoms with E-state index in [4.69, 9.17) is 4.74 Å². The number of piperidine rings is 1. The van der Waals surface area contributed by atoms with Crippen molar-refractivity contribution in [1.29, 1.82) is 5.26 Å². The first-order valence-corrected chi connectivity index (χ1v) is 15.0. The van der Waals surface area contributed by atoms with E-state index in [1.165, 1.54) is 18.1 Å². The number of nitriles is 1. The van der Waals surface area contributed by atoms with Crippen molar-refractivity contribution < 1.29 is 19.1 Å². The second kappa shape index (κ2) is 12.4. The zero-order chi connectivity index (χ0) is 27.2. The van der Waals surface area contributed by atoms with Gasteiger partial charge < -0.3 is 14.6 Å². The zero-order valence-electron chi connectivity index (χ0n) is 22.2. The van der Waals surface area contributed by atoms with Gasteiger partial charge in [-0.05, 0) is 59.8 Å². The Balaban J connectivity index is 1.60. The van der Waals surface area contributed by atoms with Gasteiger partial charge in [-0.25, -0.2) is 4.98 Å². The number of anilines is 1. The fraction of sp³-hybridized carbons (Fsp3) is 0.464.